The van der Waals surface area contributed by atoms with Crippen molar-refractivity contribution in [3.8, 4) is 5.75 Å². The molecule has 2 unspecified atom stereocenters. The number of carbonyl (C=O) groups excluding carboxylic acids is 1. The largest absolute Gasteiger partial charge is 0.573 e. The van der Waals surface area contributed by atoms with Gasteiger partial charge in [0, 0.05) is 19.5 Å². The summed E-state index contributed by atoms with van der Waals surface area (Å²) in [5.41, 5.74) is 0.285. The number of hydrogen-bond donors (Lipinski definition) is 1. The van der Waals surface area contributed by atoms with Crippen LogP contribution in [0.1, 0.15) is 25.3 Å². The number of carbonyl (C=O) groups is 2. The zero-order valence-electron chi connectivity index (χ0n) is 13.8. The Balaban J connectivity index is 1.99. The van der Waals surface area contributed by atoms with Gasteiger partial charge < -0.3 is 14.7 Å². The molecule has 1 amide bonds. The molecular weight excluding hydrogens is 339 g/mol. The minimum atomic E-state index is -4.79. The van der Waals surface area contributed by atoms with E-state index in [1.165, 1.54) is 23.1 Å². The van der Waals surface area contributed by atoms with E-state index in [1.807, 2.05) is 6.92 Å². The fourth-order valence-electron chi connectivity index (χ4n) is 3.07. The van der Waals surface area contributed by atoms with Gasteiger partial charge in [-0.05, 0) is 30.4 Å². The number of alkyl halides is 3. The van der Waals surface area contributed by atoms with Crippen molar-refractivity contribution in [2.75, 3.05) is 13.1 Å². The zero-order valence-corrected chi connectivity index (χ0v) is 13.8. The number of likely N-dealkylation sites (tertiary alicyclic amines) is 1. The van der Waals surface area contributed by atoms with Gasteiger partial charge in [0.05, 0.1) is 5.92 Å². The third-order valence-corrected chi connectivity index (χ3v) is 4.17. The summed E-state index contributed by atoms with van der Waals surface area (Å²) >= 11 is 0. The summed E-state index contributed by atoms with van der Waals surface area (Å²) < 4.78 is 41.2. The molecule has 2 rings (SSSR count). The molecule has 1 aliphatic rings. The Morgan fingerprint density at radius 2 is 1.96 bits per heavy atom. The molecular formula is C17H20F3NO4. The van der Waals surface area contributed by atoms with Gasteiger partial charge in [0.15, 0.2) is 0 Å². The Bertz CT molecular complexity index is 633. The van der Waals surface area contributed by atoms with Gasteiger partial charge >= 0.3 is 12.3 Å². The number of halogens is 3. The number of benzene rings is 1. The predicted molar refractivity (Wildman–Crippen MR) is 82.9 cm³/mol. The molecule has 0 saturated carbocycles. The van der Waals surface area contributed by atoms with E-state index in [1.54, 1.807) is 6.07 Å². The number of carboxylic acid groups (broad SMARTS) is 1. The number of ether oxygens (including phenoxy) is 1. The molecule has 1 saturated heterocycles. The Morgan fingerprint density at radius 1 is 1.28 bits per heavy atom. The van der Waals surface area contributed by atoms with E-state index in [-0.39, 0.29) is 42.5 Å². The van der Waals surface area contributed by atoms with E-state index in [2.05, 4.69) is 4.74 Å². The fourth-order valence-corrected chi connectivity index (χ4v) is 3.07. The number of para-hydroxylation sites is 1. The standard InChI is InChI=1S/C17H20F3NO4/c1-11-8-13(16(23)24)10-21(9-11)15(22)7-6-12-4-2-3-5-14(12)25-17(18,19)20/h2-5,11,13H,6-10H2,1H3,(H,23,24). The monoisotopic (exact) mass is 359 g/mol. The summed E-state index contributed by atoms with van der Waals surface area (Å²) in [6.45, 7) is 2.48. The van der Waals surface area contributed by atoms with E-state index in [0.717, 1.165) is 0 Å². The number of piperidine rings is 1. The van der Waals surface area contributed by atoms with Gasteiger partial charge in [0.1, 0.15) is 5.75 Å². The summed E-state index contributed by atoms with van der Waals surface area (Å²) in [5.74, 6) is -2.06. The van der Waals surface area contributed by atoms with Crippen LogP contribution in [0, 0.1) is 11.8 Å². The maximum atomic E-state index is 12.4. The van der Waals surface area contributed by atoms with Crippen molar-refractivity contribution in [2.45, 2.75) is 32.5 Å². The molecule has 0 bridgehead atoms. The number of hydrogen-bond acceptors (Lipinski definition) is 3. The van der Waals surface area contributed by atoms with Crippen molar-refractivity contribution < 1.29 is 32.6 Å². The first-order valence-electron chi connectivity index (χ1n) is 8.00. The first-order valence-corrected chi connectivity index (χ1v) is 8.00. The summed E-state index contributed by atoms with van der Waals surface area (Å²) in [6.07, 6.45) is -4.19. The van der Waals surface area contributed by atoms with E-state index < -0.39 is 18.2 Å². The second-order valence-corrected chi connectivity index (χ2v) is 6.33. The molecule has 5 nitrogen and oxygen atoms in total. The van der Waals surface area contributed by atoms with Gasteiger partial charge in [-0.25, -0.2) is 0 Å². The predicted octanol–water partition coefficient (Wildman–Crippen LogP) is 3.09. The summed E-state index contributed by atoms with van der Waals surface area (Å²) in [6, 6.07) is 5.69. The van der Waals surface area contributed by atoms with Crippen LogP contribution in [-0.4, -0.2) is 41.3 Å². The smallest absolute Gasteiger partial charge is 0.481 e. The van der Waals surface area contributed by atoms with Crippen LogP contribution in [0.25, 0.3) is 0 Å². The topological polar surface area (TPSA) is 66.8 Å². The van der Waals surface area contributed by atoms with Gasteiger partial charge in [-0.2, -0.15) is 0 Å². The van der Waals surface area contributed by atoms with Crippen LogP contribution < -0.4 is 4.74 Å². The number of carboxylic acids is 1. The SMILES string of the molecule is CC1CC(C(=O)O)CN(C(=O)CCc2ccccc2OC(F)(F)F)C1. The van der Waals surface area contributed by atoms with Crippen molar-refractivity contribution in [2.24, 2.45) is 11.8 Å². The van der Waals surface area contributed by atoms with Crippen molar-refractivity contribution >= 4 is 11.9 Å². The fraction of sp³-hybridized carbons (Fsp3) is 0.529. The molecule has 0 spiro atoms. The highest BCUT2D eigenvalue weighted by Crippen LogP contribution is 2.28. The maximum Gasteiger partial charge on any atom is 0.573 e. The highest BCUT2D eigenvalue weighted by molar-refractivity contribution is 5.78. The van der Waals surface area contributed by atoms with E-state index in [0.29, 0.717) is 13.0 Å². The summed E-state index contributed by atoms with van der Waals surface area (Å²) in [4.78, 5) is 25.0. The molecule has 1 aromatic rings. The number of amides is 1. The van der Waals surface area contributed by atoms with Crippen molar-refractivity contribution in [1.82, 2.24) is 4.90 Å². The van der Waals surface area contributed by atoms with Crippen molar-refractivity contribution in [3.63, 3.8) is 0 Å². The van der Waals surface area contributed by atoms with Gasteiger partial charge in [-0.1, -0.05) is 25.1 Å². The first-order chi connectivity index (χ1) is 11.7. The molecule has 138 valence electrons. The highest BCUT2D eigenvalue weighted by atomic mass is 19.4. The van der Waals surface area contributed by atoms with Crippen LogP contribution >= 0.6 is 0 Å². The third-order valence-electron chi connectivity index (χ3n) is 4.17. The quantitative estimate of drug-likeness (QED) is 0.877. The van der Waals surface area contributed by atoms with E-state index >= 15 is 0 Å². The maximum absolute atomic E-state index is 12.4. The lowest BCUT2D eigenvalue weighted by molar-refractivity contribution is -0.274. The van der Waals surface area contributed by atoms with Crippen LogP contribution in [-0.2, 0) is 16.0 Å². The molecule has 0 radical (unpaired) electrons. The molecule has 1 aromatic carbocycles. The molecule has 1 fully saturated rings. The summed E-state index contributed by atoms with van der Waals surface area (Å²) in [7, 11) is 0. The average molecular weight is 359 g/mol. The van der Waals surface area contributed by atoms with Crippen molar-refractivity contribution in [3.05, 3.63) is 29.8 Å². The zero-order chi connectivity index (χ0) is 18.6. The van der Waals surface area contributed by atoms with Crippen LogP contribution in [0.4, 0.5) is 13.2 Å². The van der Waals surface area contributed by atoms with Crippen LogP contribution in [0.2, 0.25) is 0 Å². The van der Waals surface area contributed by atoms with E-state index in [9.17, 15) is 22.8 Å². The molecule has 1 heterocycles. The number of aryl methyl sites for hydroxylation is 1. The van der Waals surface area contributed by atoms with Gasteiger partial charge in [0.2, 0.25) is 5.91 Å². The Kier molecular flexibility index (Phi) is 5.92. The second-order valence-electron chi connectivity index (χ2n) is 6.33. The van der Waals surface area contributed by atoms with Gasteiger partial charge in [-0.3, -0.25) is 9.59 Å². The van der Waals surface area contributed by atoms with Gasteiger partial charge in [-0.15, -0.1) is 13.2 Å². The third kappa shape index (κ3) is 5.65. The number of rotatable bonds is 5. The second kappa shape index (κ2) is 7.76. The number of aliphatic carboxylic acids is 1. The summed E-state index contributed by atoms with van der Waals surface area (Å²) in [5, 5.41) is 9.15. The highest BCUT2D eigenvalue weighted by Gasteiger charge is 2.33. The molecule has 2 atom stereocenters. The lowest BCUT2D eigenvalue weighted by atomic mass is 9.90. The first kappa shape index (κ1) is 19.1. The Morgan fingerprint density at radius 3 is 2.60 bits per heavy atom. The minimum absolute atomic E-state index is 0.00269. The molecule has 0 aromatic heterocycles. The average Bonchev–Trinajstić information content (AvgIpc) is 2.51. The lowest BCUT2D eigenvalue weighted by Gasteiger charge is -2.34. The van der Waals surface area contributed by atoms with Crippen LogP contribution in [0.5, 0.6) is 5.75 Å². The minimum Gasteiger partial charge on any atom is -0.481 e. The molecule has 0 aliphatic carbocycles. The van der Waals surface area contributed by atoms with Crippen LogP contribution in [0.3, 0.4) is 0 Å². The normalized spacial score (nSPS) is 21.0. The van der Waals surface area contributed by atoms with Crippen LogP contribution in [0.15, 0.2) is 24.3 Å². The van der Waals surface area contributed by atoms with Crippen molar-refractivity contribution in [1.29, 1.82) is 0 Å². The van der Waals surface area contributed by atoms with Gasteiger partial charge in [0.25, 0.3) is 0 Å². The van der Waals surface area contributed by atoms with E-state index in [4.69, 9.17) is 5.11 Å². The Labute approximate surface area is 143 Å². The molecule has 8 heteroatoms. The lowest BCUT2D eigenvalue weighted by Crippen LogP contribution is -2.45. The Hall–Kier alpha value is -2.25. The molecule has 25 heavy (non-hydrogen) atoms. The molecule has 1 aliphatic heterocycles. The number of nitrogens with zero attached hydrogens (tertiary/aromatic N) is 1. The molecule has 1 N–H and O–H groups in total.